The molecule has 0 amide bonds. The van der Waals surface area contributed by atoms with Crippen LogP contribution < -0.4 is 0 Å². The van der Waals surface area contributed by atoms with Gasteiger partial charge < -0.3 is 4.74 Å². The van der Waals surface area contributed by atoms with E-state index in [9.17, 15) is 5.26 Å². The van der Waals surface area contributed by atoms with E-state index in [4.69, 9.17) is 4.74 Å². The molecule has 0 saturated heterocycles. The lowest BCUT2D eigenvalue weighted by Gasteiger charge is -2.25. The summed E-state index contributed by atoms with van der Waals surface area (Å²) >= 11 is 0. The zero-order valence-electron chi connectivity index (χ0n) is 10.2. The Bertz CT molecular complexity index is 522. The highest BCUT2D eigenvalue weighted by molar-refractivity contribution is 5.75. The average Bonchev–Trinajstić information content (AvgIpc) is 2.47. The van der Waals surface area contributed by atoms with Crippen LogP contribution in [0.25, 0.3) is 5.57 Å². The highest BCUT2D eigenvalue weighted by Crippen LogP contribution is 2.28. The van der Waals surface area contributed by atoms with Gasteiger partial charge in [0.2, 0.25) is 0 Å². The third-order valence-corrected chi connectivity index (χ3v) is 2.91. The van der Waals surface area contributed by atoms with Crippen molar-refractivity contribution < 1.29 is 4.74 Å². The fourth-order valence-electron chi connectivity index (χ4n) is 1.90. The van der Waals surface area contributed by atoms with Crippen LogP contribution in [0.15, 0.2) is 61.2 Å². The summed E-state index contributed by atoms with van der Waals surface area (Å²) < 4.78 is 5.54. The van der Waals surface area contributed by atoms with E-state index >= 15 is 0 Å². The molecule has 1 atom stereocenters. The Morgan fingerprint density at radius 1 is 1.39 bits per heavy atom. The fraction of sp³-hybridized carbons (Fsp3) is 0.188. The fourth-order valence-corrected chi connectivity index (χ4v) is 1.90. The monoisotopic (exact) mass is 237 g/mol. The number of rotatable bonds is 4. The van der Waals surface area contributed by atoms with Gasteiger partial charge in [-0.25, -0.2) is 0 Å². The first-order valence-electron chi connectivity index (χ1n) is 5.90. The quantitative estimate of drug-likeness (QED) is 0.751. The van der Waals surface area contributed by atoms with Crippen molar-refractivity contribution in [1.29, 1.82) is 5.26 Å². The number of nitriles is 1. The molecule has 0 saturated carbocycles. The van der Waals surface area contributed by atoms with Gasteiger partial charge in [0.05, 0.1) is 6.61 Å². The minimum atomic E-state index is -0.841. The third-order valence-electron chi connectivity index (χ3n) is 2.91. The van der Waals surface area contributed by atoms with Crippen LogP contribution in [0.3, 0.4) is 0 Å². The Hall–Kier alpha value is -2.11. The molecule has 1 aromatic rings. The maximum absolute atomic E-state index is 9.24. The van der Waals surface area contributed by atoms with Gasteiger partial charge in [-0.3, -0.25) is 0 Å². The Morgan fingerprint density at radius 3 is 2.72 bits per heavy atom. The number of allylic oxidation sites excluding steroid dienone is 2. The molecule has 0 aliphatic heterocycles. The maximum Gasteiger partial charge on any atom is 0.176 e. The summed E-state index contributed by atoms with van der Waals surface area (Å²) in [5.74, 6) is 0. The van der Waals surface area contributed by atoms with Crippen molar-refractivity contribution in [2.75, 3.05) is 6.61 Å². The molecule has 2 nitrogen and oxygen atoms in total. The van der Waals surface area contributed by atoms with Gasteiger partial charge in [-0.1, -0.05) is 48.6 Å². The van der Waals surface area contributed by atoms with E-state index in [0.29, 0.717) is 13.0 Å². The summed E-state index contributed by atoms with van der Waals surface area (Å²) in [7, 11) is 0. The summed E-state index contributed by atoms with van der Waals surface area (Å²) in [5, 5.41) is 9.24. The second-order valence-corrected chi connectivity index (χ2v) is 4.16. The van der Waals surface area contributed by atoms with Gasteiger partial charge in [0.25, 0.3) is 0 Å². The molecule has 18 heavy (non-hydrogen) atoms. The second-order valence-electron chi connectivity index (χ2n) is 4.16. The van der Waals surface area contributed by atoms with Crippen molar-refractivity contribution in [1.82, 2.24) is 0 Å². The molecule has 1 aromatic carbocycles. The molecular formula is C16H15NO. The Kier molecular flexibility index (Phi) is 3.76. The highest BCUT2D eigenvalue weighted by Gasteiger charge is 2.28. The van der Waals surface area contributed by atoms with Gasteiger partial charge in [0.1, 0.15) is 6.07 Å². The first-order chi connectivity index (χ1) is 8.79. The molecule has 0 spiro atoms. The third kappa shape index (κ3) is 2.58. The summed E-state index contributed by atoms with van der Waals surface area (Å²) in [4.78, 5) is 0. The van der Waals surface area contributed by atoms with Gasteiger partial charge >= 0.3 is 0 Å². The molecule has 2 heteroatoms. The predicted molar refractivity (Wildman–Crippen MR) is 72.7 cm³/mol. The van der Waals surface area contributed by atoms with E-state index in [1.165, 1.54) is 0 Å². The van der Waals surface area contributed by atoms with Gasteiger partial charge in [-0.2, -0.15) is 5.26 Å². The van der Waals surface area contributed by atoms with E-state index in [1.54, 1.807) is 6.08 Å². The molecular weight excluding hydrogens is 222 g/mol. The predicted octanol–water partition coefficient (Wildman–Crippen LogP) is 3.49. The highest BCUT2D eigenvalue weighted by atomic mass is 16.5. The summed E-state index contributed by atoms with van der Waals surface area (Å²) in [6.07, 6.45) is 8.05. The van der Waals surface area contributed by atoms with Crippen molar-refractivity contribution in [3.05, 3.63) is 66.8 Å². The molecule has 0 aromatic heterocycles. The SMILES string of the molecule is C=CCOC1(C#N)C=CC(c2ccccc2)=CC1. The molecule has 1 aliphatic carbocycles. The minimum absolute atomic E-state index is 0.381. The van der Waals surface area contributed by atoms with Crippen molar-refractivity contribution in [3.8, 4) is 6.07 Å². The number of benzene rings is 1. The number of hydrogen-bond acceptors (Lipinski definition) is 2. The van der Waals surface area contributed by atoms with E-state index in [1.807, 2.05) is 36.4 Å². The number of hydrogen-bond donors (Lipinski definition) is 0. The maximum atomic E-state index is 9.24. The summed E-state index contributed by atoms with van der Waals surface area (Å²) in [6.45, 7) is 3.98. The second kappa shape index (κ2) is 5.48. The van der Waals surface area contributed by atoms with Gasteiger partial charge in [0.15, 0.2) is 5.60 Å². The van der Waals surface area contributed by atoms with Crippen LogP contribution in [0.2, 0.25) is 0 Å². The van der Waals surface area contributed by atoms with E-state index in [2.05, 4.69) is 24.8 Å². The Morgan fingerprint density at radius 2 is 2.17 bits per heavy atom. The molecule has 0 bridgehead atoms. The lowest BCUT2D eigenvalue weighted by atomic mass is 9.90. The smallest absolute Gasteiger partial charge is 0.176 e. The first-order valence-corrected chi connectivity index (χ1v) is 5.90. The average molecular weight is 237 g/mol. The number of nitrogens with zero attached hydrogens (tertiary/aromatic N) is 1. The molecule has 0 heterocycles. The van der Waals surface area contributed by atoms with E-state index < -0.39 is 5.60 Å². The molecule has 2 rings (SSSR count). The van der Waals surface area contributed by atoms with Crippen molar-refractivity contribution >= 4 is 5.57 Å². The van der Waals surface area contributed by atoms with Crippen LogP contribution in [0.5, 0.6) is 0 Å². The lowest BCUT2D eigenvalue weighted by molar-refractivity contribution is 0.0552. The van der Waals surface area contributed by atoms with E-state index in [0.717, 1.165) is 11.1 Å². The topological polar surface area (TPSA) is 33.0 Å². The minimum Gasteiger partial charge on any atom is -0.352 e. The van der Waals surface area contributed by atoms with Crippen molar-refractivity contribution in [2.24, 2.45) is 0 Å². The molecule has 0 N–H and O–H groups in total. The van der Waals surface area contributed by atoms with Crippen LogP contribution >= 0.6 is 0 Å². The molecule has 0 radical (unpaired) electrons. The number of ether oxygens (including phenoxy) is 1. The summed E-state index contributed by atoms with van der Waals surface area (Å²) in [5.41, 5.74) is 1.44. The van der Waals surface area contributed by atoms with Crippen LogP contribution in [0.1, 0.15) is 12.0 Å². The van der Waals surface area contributed by atoms with Crippen LogP contribution in [0.4, 0.5) is 0 Å². The zero-order chi connectivity index (χ0) is 12.8. The van der Waals surface area contributed by atoms with Crippen LogP contribution in [0, 0.1) is 11.3 Å². The molecule has 1 unspecified atom stereocenters. The van der Waals surface area contributed by atoms with Crippen LogP contribution in [-0.4, -0.2) is 12.2 Å². The lowest BCUT2D eigenvalue weighted by Crippen LogP contribution is -2.29. The van der Waals surface area contributed by atoms with Crippen LogP contribution in [-0.2, 0) is 4.74 Å². The summed E-state index contributed by atoms with van der Waals surface area (Å²) in [6, 6.07) is 12.3. The van der Waals surface area contributed by atoms with Crippen molar-refractivity contribution in [2.45, 2.75) is 12.0 Å². The van der Waals surface area contributed by atoms with Gasteiger partial charge in [0, 0.05) is 6.42 Å². The standard InChI is InChI=1S/C16H15NO/c1-2-12-18-16(13-17)10-8-15(9-11-16)14-6-4-3-5-7-14/h2-10H,1,11-12H2. The zero-order valence-corrected chi connectivity index (χ0v) is 10.2. The van der Waals surface area contributed by atoms with Gasteiger partial charge in [-0.05, 0) is 17.2 Å². The normalized spacial score (nSPS) is 22.1. The first kappa shape index (κ1) is 12.3. The van der Waals surface area contributed by atoms with Crippen molar-refractivity contribution in [3.63, 3.8) is 0 Å². The largest absolute Gasteiger partial charge is 0.352 e. The van der Waals surface area contributed by atoms with E-state index in [-0.39, 0.29) is 0 Å². The molecule has 90 valence electrons. The Balaban J connectivity index is 2.16. The molecule has 1 aliphatic rings. The van der Waals surface area contributed by atoms with Gasteiger partial charge in [-0.15, -0.1) is 6.58 Å². The molecule has 0 fully saturated rings. The Labute approximate surface area is 108 Å².